The van der Waals surface area contributed by atoms with E-state index in [0.717, 1.165) is 5.69 Å². The minimum Gasteiger partial charge on any atom is -0.383 e. The van der Waals surface area contributed by atoms with Crippen LogP contribution in [0.5, 0.6) is 0 Å². The van der Waals surface area contributed by atoms with Crippen LogP contribution >= 0.6 is 0 Å². The highest BCUT2D eigenvalue weighted by molar-refractivity contribution is 5.44. The highest BCUT2D eigenvalue weighted by atomic mass is 19.1. The third-order valence-corrected chi connectivity index (χ3v) is 2.71. The van der Waals surface area contributed by atoms with E-state index >= 15 is 0 Å². The second-order valence-corrected chi connectivity index (χ2v) is 4.05. The van der Waals surface area contributed by atoms with Crippen molar-refractivity contribution in [2.75, 3.05) is 19.0 Å². The van der Waals surface area contributed by atoms with Crippen molar-refractivity contribution >= 4 is 5.69 Å². The van der Waals surface area contributed by atoms with Crippen LogP contribution in [0.2, 0.25) is 0 Å². The number of methoxy groups -OCH3 is 1. The summed E-state index contributed by atoms with van der Waals surface area (Å²) in [6.07, 6.45) is 2.49. The molecule has 82 valence electrons. The molecule has 0 radical (unpaired) electrons. The highest BCUT2D eigenvalue weighted by Crippen LogP contribution is 2.34. The molecule has 1 N–H and O–H groups in total. The van der Waals surface area contributed by atoms with Crippen LogP contribution in [0.3, 0.4) is 0 Å². The Bertz CT molecular complexity index is 325. The van der Waals surface area contributed by atoms with Crippen molar-refractivity contribution in [1.29, 1.82) is 0 Å². The average Bonchev–Trinajstić information content (AvgIpc) is 3.00. The molecule has 0 heterocycles. The Balaban J connectivity index is 1.98. The fourth-order valence-corrected chi connectivity index (χ4v) is 1.77. The summed E-state index contributed by atoms with van der Waals surface area (Å²) < 4.78 is 18.1. The molecule has 2 rings (SSSR count). The standard InChI is InChI=1S/C12H16FNO/c1-15-8-12(9-5-6-9)14-11-4-2-3-10(13)7-11/h2-4,7,9,12,14H,5-6,8H2,1H3. The number of anilines is 1. The van der Waals surface area contributed by atoms with Gasteiger partial charge in [-0.1, -0.05) is 6.07 Å². The number of ether oxygens (including phenoxy) is 1. The minimum atomic E-state index is -0.202. The molecule has 1 saturated carbocycles. The molecule has 1 aliphatic rings. The number of halogens is 1. The smallest absolute Gasteiger partial charge is 0.125 e. The van der Waals surface area contributed by atoms with Gasteiger partial charge >= 0.3 is 0 Å². The largest absolute Gasteiger partial charge is 0.383 e. The third kappa shape index (κ3) is 2.93. The lowest BCUT2D eigenvalue weighted by atomic mass is 10.2. The van der Waals surface area contributed by atoms with Gasteiger partial charge in [-0.05, 0) is 37.0 Å². The third-order valence-electron chi connectivity index (χ3n) is 2.71. The monoisotopic (exact) mass is 209 g/mol. The lowest BCUT2D eigenvalue weighted by Crippen LogP contribution is -2.27. The van der Waals surface area contributed by atoms with Gasteiger partial charge in [-0.2, -0.15) is 0 Å². The Morgan fingerprint density at radius 3 is 2.93 bits per heavy atom. The van der Waals surface area contributed by atoms with Crippen molar-refractivity contribution in [2.24, 2.45) is 5.92 Å². The van der Waals surface area contributed by atoms with Gasteiger partial charge in [0.05, 0.1) is 12.6 Å². The van der Waals surface area contributed by atoms with Crippen LogP contribution in [-0.2, 0) is 4.74 Å². The van der Waals surface area contributed by atoms with Gasteiger partial charge in [-0.15, -0.1) is 0 Å². The molecule has 1 aliphatic carbocycles. The highest BCUT2D eigenvalue weighted by Gasteiger charge is 2.31. The first-order chi connectivity index (χ1) is 7.29. The van der Waals surface area contributed by atoms with E-state index in [9.17, 15) is 4.39 Å². The van der Waals surface area contributed by atoms with Crippen LogP contribution in [0.4, 0.5) is 10.1 Å². The van der Waals surface area contributed by atoms with E-state index in [0.29, 0.717) is 18.6 Å². The van der Waals surface area contributed by atoms with Crippen LogP contribution < -0.4 is 5.32 Å². The molecule has 0 bridgehead atoms. The van der Waals surface area contributed by atoms with Crippen molar-refractivity contribution in [3.05, 3.63) is 30.1 Å². The number of hydrogen-bond acceptors (Lipinski definition) is 2. The van der Waals surface area contributed by atoms with E-state index < -0.39 is 0 Å². The predicted octanol–water partition coefficient (Wildman–Crippen LogP) is 2.66. The van der Waals surface area contributed by atoms with Crippen molar-refractivity contribution in [1.82, 2.24) is 0 Å². The molecule has 3 heteroatoms. The Labute approximate surface area is 89.4 Å². The zero-order chi connectivity index (χ0) is 10.7. The van der Waals surface area contributed by atoms with E-state index in [-0.39, 0.29) is 5.82 Å². The second-order valence-electron chi connectivity index (χ2n) is 4.05. The van der Waals surface area contributed by atoms with Crippen LogP contribution in [0, 0.1) is 11.7 Å². The van der Waals surface area contributed by atoms with Gasteiger partial charge in [0.15, 0.2) is 0 Å². The first kappa shape index (κ1) is 10.4. The predicted molar refractivity (Wildman–Crippen MR) is 58.4 cm³/mol. The van der Waals surface area contributed by atoms with E-state index in [2.05, 4.69) is 5.32 Å². The Morgan fingerprint density at radius 2 is 2.33 bits per heavy atom. The normalized spacial score (nSPS) is 17.5. The van der Waals surface area contributed by atoms with Gasteiger partial charge in [0, 0.05) is 12.8 Å². The SMILES string of the molecule is COCC(Nc1cccc(F)c1)C1CC1. The quantitative estimate of drug-likeness (QED) is 0.805. The van der Waals surface area contributed by atoms with Crippen molar-refractivity contribution in [2.45, 2.75) is 18.9 Å². The minimum absolute atomic E-state index is 0.202. The summed E-state index contributed by atoms with van der Waals surface area (Å²) in [5.41, 5.74) is 0.837. The van der Waals surface area contributed by atoms with Crippen LogP contribution in [0.1, 0.15) is 12.8 Å². The van der Waals surface area contributed by atoms with Gasteiger partial charge in [-0.3, -0.25) is 0 Å². The van der Waals surface area contributed by atoms with Crippen molar-refractivity contribution < 1.29 is 9.13 Å². The van der Waals surface area contributed by atoms with Gasteiger partial charge < -0.3 is 10.1 Å². The van der Waals surface area contributed by atoms with Crippen LogP contribution in [-0.4, -0.2) is 19.8 Å². The maximum Gasteiger partial charge on any atom is 0.125 e. The molecular weight excluding hydrogens is 193 g/mol. The molecule has 1 aromatic rings. The molecule has 0 aromatic heterocycles. The Hall–Kier alpha value is -1.09. The average molecular weight is 209 g/mol. The first-order valence-electron chi connectivity index (χ1n) is 5.30. The zero-order valence-electron chi connectivity index (χ0n) is 8.87. The fraction of sp³-hybridized carbons (Fsp3) is 0.500. The molecule has 0 spiro atoms. The summed E-state index contributed by atoms with van der Waals surface area (Å²) in [4.78, 5) is 0. The summed E-state index contributed by atoms with van der Waals surface area (Å²) in [5.74, 6) is 0.486. The molecule has 0 amide bonds. The molecule has 1 atom stereocenters. The summed E-state index contributed by atoms with van der Waals surface area (Å²) in [7, 11) is 1.70. The molecule has 1 aromatic carbocycles. The number of benzene rings is 1. The van der Waals surface area contributed by atoms with E-state index in [4.69, 9.17) is 4.74 Å². The summed E-state index contributed by atoms with van der Waals surface area (Å²) in [6, 6.07) is 6.89. The van der Waals surface area contributed by atoms with Crippen LogP contribution in [0.25, 0.3) is 0 Å². The van der Waals surface area contributed by atoms with E-state index in [1.54, 1.807) is 13.2 Å². The lowest BCUT2D eigenvalue weighted by Gasteiger charge is -2.18. The van der Waals surface area contributed by atoms with E-state index in [1.807, 2.05) is 6.07 Å². The number of rotatable bonds is 5. The fourth-order valence-electron chi connectivity index (χ4n) is 1.77. The topological polar surface area (TPSA) is 21.3 Å². The lowest BCUT2D eigenvalue weighted by molar-refractivity contribution is 0.179. The molecular formula is C12H16FNO. The Kier molecular flexibility index (Phi) is 3.21. The summed E-state index contributed by atoms with van der Waals surface area (Å²) >= 11 is 0. The maximum atomic E-state index is 12.9. The summed E-state index contributed by atoms with van der Waals surface area (Å²) in [5, 5.41) is 3.32. The molecule has 0 saturated heterocycles. The summed E-state index contributed by atoms with van der Waals surface area (Å²) in [6.45, 7) is 0.682. The van der Waals surface area contributed by atoms with Crippen molar-refractivity contribution in [3.8, 4) is 0 Å². The molecule has 1 fully saturated rings. The first-order valence-corrected chi connectivity index (χ1v) is 5.30. The van der Waals surface area contributed by atoms with Gasteiger partial charge in [0.1, 0.15) is 5.82 Å². The molecule has 0 aliphatic heterocycles. The van der Waals surface area contributed by atoms with E-state index in [1.165, 1.54) is 25.0 Å². The molecule has 1 unspecified atom stereocenters. The molecule has 2 nitrogen and oxygen atoms in total. The van der Waals surface area contributed by atoms with Gasteiger partial charge in [-0.25, -0.2) is 4.39 Å². The zero-order valence-corrected chi connectivity index (χ0v) is 8.87. The number of nitrogens with one attached hydrogen (secondary N) is 1. The Morgan fingerprint density at radius 1 is 1.53 bits per heavy atom. The van der Waals surface area contributed by atoms with Crippen LogP contribution in [0.15, 0.2) is 24.3 Å². The van der Waals surface area contributed by atoms with Crippen molar-refractivity contribution in [3.63, 3.8) is 0 Å². The number of hydrogen-bond donors (Lipinski definition) is 1. The molecule has 15 heavy (non-hydrogen) atoms. The van der Waals surface area contributed by atoms with Gasteiger partial charge in [0.25, 0.3) is 0 Å². The maximum absolute atomic E-state index is 12.9. The second kappa shape index (κ2) is 4.62. The van der Waals surface area contributed by atoms with Gasteiger partial charge in [0.2, 0.25) is 0 Å².